The minimum atomic E-state index is -0.668. The zero-order chi connectivity index (χ0) is 23.3. The molecule has 1 aromatic heterocycles. The molecular weight excluding hydrogens is 443 g/mol. The third-order valence-corrected chi connectivity index (χ3v) is 5.72. The monoisotopic (exact) mass is 468 g/mol. The quantitative estimate of drug-likeness (QED) is 0.675. The lowest BCUT2D eigenvalue weighted by atomic mass is 9.91. The fourth-order valence-corrected chi connectivity index (χ4v) is 3.90. The number of hydrogen-bond acceptors (Lipinski definition) is 5. The predicted molar refractivity (Wildman–Crippen MR) is 121 cm³/mol. The van der Waals surface area contributed by atoms with E-state index >= 15 is 0 Å². The molecule has 2 rings (SSSR count). The zero-order valence-electron chi connectivity index (χ0n) is 18.1. The minimum absolute atomic E-state index is 0.0709. The summed E-state index contributed by atoms with van der Waals surface area (Å²) in [4.78, 5) is 38.0. The maximum Gasteiger partial charge on any atom is 0.269 e. The maximum atomic E-state index is 14.2. The van der Waals surface area contributed by atoms with E-state index in [-0.39, 0.29) is 33.5 Å². The van der Waals surface area contributed by atoms with Gasteiger partial charge < -0.3 is 10.1 Å². The topological polar surface area (TPSA) is 77.4 Å². The maximum absolute atomic E-state index is 14.2. The van der Waals surface area contributed by atoms with Crippen LogP contribution in [0.4, 0.5) is 4.39 Å². The summed E-state index contributed by atoms with van der Waals surface area (Å²) in [6.45, 7) is 7.07. The van der Waals surface area contributed by atoms with Crippen molar-refractivity contribution in [1.82, 2.24) is 9.88 Å². The first-order valence-electron chi connectivity index (χ1n) is 9.64. The molecule has 0 aliphatic heterocycles. The van der Waals surface area contributed by atoms with E-state index in [2.05, 4.69) is 5.32 Å². The molecule has 31 heavy (non-hydrogen) atoms. The van der Waals surface area contributed by atoms with Crippen molar-refractivity contribution in [3.63, 3.8) is 0 Å². The van der Waals surface area contributed by atoms with Gasteiger partial charge in [0.05, 0.1) is 16.2 Å². The fraction of sp³-hybridized carbons (Fsp3) is 0.409. The van der Waals surface area contributed by atoms with Gasteiger partial charge in [-0.05, 0) is 25.1 Å². The summed E-state index contributed by atoms with van der Waals surface area (Å²) >= 11 is 7.08. The average molecular weight is 469 g/mol. The Morgan fingerprint density at radius 3 is 2.61 bits per heavy atom. The van der Waals surface area contributed by atoms with Crippen LogP contribution in [0, 0.1) is 11.2 Å². The molecule has 0 fully saturated rings. The third-order valence-electron chi connectivity index (χ3n) is 4.33. The highest BCUT2D eigenvalue weighted by molar-refractivity contribution is 7.07. The standard InChI is InChI=1S/C22H26ClFN2O4S/c1-13(12-30-5)25-19(28)11-26-20(10-18(27)22(2,3)4)31-17(21(26)29)9-14-15(23)7-6-8-16(14)24/h6-10,13H,11-12H2,1-5H3,(H,25,28). The molecule has 1 N–H and O–H groups in total. The molecule has 0 bridgehead atoms. The van der Waals surface area contributed by atoms with E-state index < -0.39 is 22.7 Å². The van der Waals surface area contributed by atoms with Gasteiger partial charge in [-0.2, -0.15) is 0 Å². The molecule has 9 heteroatoms. The van der Waals surface area contributed by atoms with E-state index in [9.17, 15) is 18.8 Å². The van der Waals surface area contributed by atoms with Crippen LogP contribution in [0.25, 0.3) is 12.2 Å². The molecule has 1 heterocycles. The van der Waals surface area contributed by atoms with Gasteiger partial charge in [0.15, 0.2) is 5.78 Å². The Hall–Kier alpha value is -2.29. The van der Waals surface area contributed by atoms with E-state index in [1.54, 1.807) is 27.7 Å². The van der Waals surface area contributed by atoms with Gasteiger partial charge in [0.1, 0.15) is 17.0 Å². The number of nitrogens with one attached hydrogen (secondary N) is 1. The van der Waals surface area contributed by atoms with Crippen molar-refractivity contribution in [2.45, 2.75) is 40.3 Å². The molecule has 0 saturated heterocycles. The van der Waals surface area contributed by atoms with Crippen molar-refractivity contribution in [3.8, 4) is 0 Å². The molecule has 0 aliphatic rings. The molecule has 0 spiro atoms. The van der Waals surface area contributed by atoms with Crippen molar-refractivity contribution in [2.75, 3.05) is 13.7 Å². The Morgan fingerprint density at radius 1 is 1.35 bits per heavy atom. The van der Waals surface area contributed by atoms with Gasteiger partial charge in [0.2, 0.25) is 5.91 Å². The van der Waals surface area contributed by atoms with Crippen LogP contribution in [0.1, 0.15) is 33.3 Å². The fourth-order valence-electron chi connectivity index (χ4n) is 2.66. The molecular formula is C22H26ClFN2O4S. The number of aromatic nitrogens is 1. The molecule has 168 valence electrons. The number of ketones is 1. The number of Topliss-reactive ketones (excluding diaryl/α,β-unsaturated/α-hetero) is 1. The highest BCUT2D eigenvalue weighted by atomic mass is 35.5. The molecule has 0 aliphatic carbocycles. The molecule has 1 aromatic carbocycles. The molecule has 0 saturated carbocycles. The molecule has 1 amide bonds. The van der Waals surface area contributed by atoms with Crippen LogP contribution in [-0.2, 0) is 20.9 Å². The summed E-state index contributed by atoms with van der Waals surface area (Å²) in [5, 5.41) is 2.89. The Balaban J connectivity index is 2.61. The molecule has 6 nitrogen and oxygen atoms in total. The number of hydrogen-bond donors (Lipinski definition) is 1. The Bertz CT molecular complexity index is 1130. The molecule has 2 aromatic rings. The number of carbonyl (C=O) groups is 2. The number of carbonyl (C=O) groups excluding carboxylic acids is 2. The van der Waals surface area contributed by atoms with Crippen molar-refractivity contribution < 1.29 is 18.7 Å². The number of benzene rings is 1. The number of ether oxygens (including phenoxy) is 1. The van der Waals surface area contributed by atoms with E-state index in [1.807, 2.05) is 0 Å². The first kappa shape index (κ1) is 25.0. The highest BCUT2D eigenvalue weighted by Crippen LogP contribution is 2.19. The summed E-state index contributed by atoms with van der Waals surface area (Å²) in [6.07, 6.45) is 2.68. The summed E-state index contributed by atoms with van der Waals surface area (Å²) in [5.41, 5.74) is -1.10. The number of thiazole rings is 1. The van der Waals surface area contributed by atoms with E-state index in [0.29, 0.717) is 11.3 Å². The molecule has 1 atom stereocenters. The Morgan fingerprint density at radius 2 is 2.03 bits per heavy atom. The van der Waals surface area contributed by atoms with Crippen molar-refractivity contribution in [3.05, 3.63) is 54.2 Å². The first-order chi connectivity index (χ1) is 14.4. The third kappa shape index (κ3) is 6.59. The van der Waals surface area contributed by atoms with Crippen molar-refractivity contribution >= 4 is 46.8 Å². The van der Waals surface area contributed by atoms with Crippen molar-refractivity contribution in [2.24, 2.45) is 5.41 Å². The normalized spacial score (nSPS) is 14.0. The summed E-state index contributed by atoms with van der Waals surface area (Å²) in [7, 11) is 1.52. The second-order valence-corrected chi connectivity index (χ2v) is 9.63. The van der Waals surface area contributed by atoms with Crippen LogP contribution in [-0.4, -0.2) is 36.0 Å². The lowest BCUT2D eigenvalue weighted by Crippen LogP contribution is -2.42. The lowest BCUT2D eigenvalue weighted by Gasteiger charge is -2.14. The average Bonchev–Trinajstić information content (AvgIpc) is 2.93. The Kier molecular flexibility index (Phi) is 8.34. The number of nitrogens with zero attached hydrogens (tertiary/aromatic N) is 1. The van der Waals surface area contributed by atoms with Crippen LogP contribution in [0.2, 0.25) is 5.02 Å². The van der Waals surface area contributed by atoms with Crippen LogP contribution in [0.3, 0.4) is 0 Å². The smallest absolute Gasteiger partial charge is 0.269 e. The second kappa shape index (κ2) is 10.3. The van der Waals surface area contributed by atoms with E-state index in [4.69, 9.17) is 16.3 Å². The van der Waals surface area contributed by atoms with Crippen LogP contribution in [0.15, 0.2) is 23.0 Å². The van der Waals surface area contributed by atoms with Gasteiger partial charge in [0, 0.05) is 30.2 Å². The number of amides is 1. The summed E-state index contributed by atoms with van der Waals surface area (Å²) in [6, 6.07) is 3.97. The highest BCUT2D eigenvalue weighted by Gasteiger charge is 2.20. The number of halogens is 2. The second-order valence-electron chi connectivity index (χ2n) is 8.16. The van der Waals surface area contributed by atoms with Gasteiger partial charge in [0.25, 0.3) is 5.56 Å². The first-order valence-corrected chi connectivity index (χ1v) is 10.8. The number of rotatable bonds is 7. The van der Waals surface area contributed by atoms with Crippen LogP contribution >= 0.6 is 22.9 Å². The van der Waals surface area contributed by atoms with E-state index in [0.717, 1.165) is 11.3 Å². The van der Waals surface area contributed by atoms with Gasteiger partial charge in [-0.3, -0.25) is 19.0 Å². The van der Waals surface area contributed by atoms with Crippen molar-refractivity contribution in [1.29, 1.82) is 0 Å². The SMILES string of the molecule is COCC(C)NC(=O)Cn1c(=CC(=O)C(C)(C)C)sc(=Cc2c(F)cccc2Cl)c1=O. The van der Waals surface area contributed by atoms with Gasteiger partial charge >= 0.3 is 0 Å². The van der Waals surface area contributed by atoms with Crippen LogP contribution < -0.4 is 20.1 Å². The zero-order valence-corrected chi connectivity index (χ0v) is 19.7. The summed E-state index contributed by atoms with van der Waals surface area (Å²) in [5.74, 6) is -1.18. The Labute approximate surface area is 189 Å². The van der Waals surface area contributed by atoms with Gasteiger partial charge in [-0.15, -0.1) is 11.3 Å². The minimum Gasteiger partial charge on any atom is -0.383 e. The molecule has 0 radical (unpaired) electrons. The molecule has 1 unspecified atom stereocenters. The summed E-state index contributed by atoms with van der Waals surface area (Å²) < 4.78 is 20.9. The van der Waals surface area contributed by atoms with Crippen LogP contribution in [0.5, 0.6) is 0 Å². The lowest BCUT2D eigenvalue weighted by molar-refractivity contribution is -0.123. The van der Waals surface area contributed by atoms with Gasteiger partial charge in [-0.1, -0.05) is 38.4 Å². The number of methoxy groups -OCH3 is 1. The largest absolute Gasteiger partial charge is 0.383 e. The van der Waals surface area contributed by atoms with E-state index in [1.165, 1.54) is 42.0 Å². The predicted octanol–water partition coefficient (Wildman–Crippen LogP) is 2.08. The van der Waals surface area contributed by atoms with Gasteiger partial charge in [-0.25, -0.2) is 4.39 Å².